The van der Waals surface area contributed by atoms with Gasteiger partial charge in [0, 0.05) is 23.9 Å². The molecule has 0 atom stereocenters. The van der Waals surface area contributed by atoms with Crippen molar-refractivity contribution in [2.24, 2.45) is 0 Å². The van der Waals surface area contributed by atoms with Crippen molar-refractivity contribution >= 4 is 22.4 Å². The molecule has 0 fully saturated rings. The van der Waals surface area contributed by atoms with Gasteiger partial charge in [-0.15, -0.1) is 0 Å². The molecule has 0 saturated heterocycles. The summed E-state index contributed by atoms with van der Waals surface area (Å²) >= 11 is 0. The van der Waals surface area contributed by atoms with Crippen molar-refractivity contribution in [3.05, 3.63) is 66.8 Å². The maximum absolute atomic E-state index is 12.2. The Bertz CT molecular complexity index is 1000. The molecular weight excluding hydrogens is 318 g/mol. The number of aryl methyl sites for hydroxylation is 1. The number of benzene rings is 2. The number of fused-ring (bicyclic) bond motifs is 1. The van der Waals surface area contributed by atoms with Gasteiger partial charge in [0.25, 0.3) is 0 Å². The molecule has 0 saturated carbocycles. The van der Waals surface area contributed by atoms with Crippen LogP contribution < -0.4 is 5.32 Å². The van der Waals surface area contributed by atoms with E-state index in [-0.39, 0.29) is 12.3 Å². The first-order valence-corrected chi connectivity index (χ1v) is 7.94. The molecule has 0 aliphatic heterocycles. The Labute approximate surface area is 143 Å². The number of rotatable bonds is 5. The average molecular weight is 333 g/mol. The lowest BCUT2D eigenvalue weighted by atomic mass is 10.1. The number of hydrogen-bond donors (Lipinski definition) is 1. The lowest BCUT2D eigenvalue weighted by molar-refractivity contribution is -0.116. The van der Waals surface area contributed by atoms with Gasteiger partial charge in [-0.25, -0.2) is 0 Å². The first-order valence-electron chi connectivity index (χ1n) is 7.94. The Morgan fingerprint density at radius 1 is 1.04 bits per heavy atom. The minimum Gasteiger partial charge on any atom is -0.461 e. The molecule has 2 heterocycles. The fourth-order valence-corrected chi connectivity index (χ4v) is 2.63. The second-order valence-corrected chi connectivity index (χ2v) is 5.56. The number of nitrogens with one attached hydrogen (secondary N) is 1. The smallest absolute Gasteiger partial charge is 0.238 e. The molecule has 0 aliphatic carbocycles. The number of carbonyl (C=O) groups excluding carboxylic acids is 1. The number of furan rings is 1. The Balaban J connectivity index is 1.41. The van der Waals surface area contributed by atoms with Crippen molar-refractivity contribution in [1.82, 2.24) is 10.1 Å². The minimum atomic E-state index is -0.103. The summed E-state index contributed by atoms with van der Waals surface area (Å²) in [7, 11) is 0. The maximum atomic E-state index is 12.2. The Hall–Kier alpha value is -3.41. The molecule has 0 spiro atoms. The summed E-state index contributed by atoms with van der Waals surface area (Å²) in [6.07, 6.45) is 2.16. The van der Waals surface area contributed by atoms with Gasteiger partial charge in [0.05, 0.1) is 6.26 Å². The predicted octanol–water partition coefficient (Wildman–Crippen LogP) is 4.05. The fourth-order valence-electron chi connectivity index (χ4n) is 2.63. The first-order chi connectivity index (χ1) is 12.3. The van der Waals surface area contributed by atoms with Gasteiger partial charge in [-0.2, -0.15) is 4.98 Å². The third kappa shape index (κ3) is 3.28. The van der Waals surface area contributed by atoms with Gasteiger partial charge in [-0.3, -0.25) is 4.79 Å². The van der Waals surface area contributed by atoms with Crippen LogP contribution in [0.15, 0.2) is 69.8 Å². The highest BCUT2D eigenvalue weighted by Gasteiger charge is 2.13. The summed E-state index contributed by atoms with van der Waals surface area (Å²) in [5.41, 5.74) is 0.796. The predicted molar refractivity (Wildman–Crippen MR) is 92.9 cm³/mol. The van der Waals surface area contributed by atoms with Crippen molar-refractivity contribution in [3.8, 4) is 11.6 Å². The molecule has 0 radical (unpaired) electrons. The summed E-state index contributed by atoms with van der Waals surface area (Å²) in [6.45, 7) is 0. The normalized spacial score (nSPS) is 10.9. The van der Waals surface area contributed by atoms with Gasteiger partial charge in [0.15, 0.2) is 5.76 Å². The van der Waals surface area contributed by atoms with E-state index in [0.717, 1.165) is 16.5 Å². The second-order valence-electron chi connectivity index (χ2n) is 5.56. The number of anilines is 1. The van der Waals surface area contributed by atoms with E-state index in [1.165, 1.54) is 0 Å². The highest BCUT2D eigenvalue weighted by molar-refractivity contribution is 6.02. The summed E-state index contributed by atoms with van der Waals surface area (Å²) in [4.78, 5) is 16.5. The standard InChI is InChI=1S/C19H15N3O3/c23-17(20-15-8-3-6-13-5-1-2-7-14(13)15)10-11-18-21-19(22-25-18)16-9-4-12-24-16/h1-9,12H,10-11H2,(H,20,23). The molecule has 0 bridgehead atoms. The largest absolute Gasteiger partial charge is 0.461 e. The molecule has 6 nitrogen and oxygen atoms in total. The van der Waals surface area contributed by atoms with Gasteiger partial charge in [-0.1, -0.05) is 41.6 Å². The molecule has 4 aromatic rings. The van der Waals surface area contributed by atoms with E-state index in [4.69, 9.17) is 8.94 Å². The van der Waals surface area contributed by atoms with Crippen LogP contribution in [0.25, 0.3) is 22.4 Å². The molecule has 4 rings (SSSR count). The Morgan fingerprint density at radius 2 is 1.92 bits per heavy atom. The van der Waals surface area contributed by atoms with Crippen LogP contribution >= 0.6 is 0 Å². The second kappa shape index (κ2) is 6.60. The molecular formula is C19H15N3O3. The van der Waals surface area contributed by atoms with Crippen LogP contribution in [0.3, 0.4) is 0 Å². The van der Waals surface area contributed by atoms with Crippen LogP contribution in [0.1, 0.15) is 12.3 Å². The zero-order valence-corrected chi connectivity index (χ0v) is 13.3. The van der Waals surface area contributed by atoms with E-state index >= 15 is 0 Å². The van der Waals surface area contributed by atoms with E-state index in [1.807, 2.05) is 42.5 Å². The van der Waals surface area contributed by atoms with Gasteiger partial charge in [0.1, 0.15) is 0 Å². The van der Waals surface area contributed by atoms with Crippen LogP contribution in [0.5, 0.6) is 0 Å². The van der Waals surface area contributed by atoms with Crippen molar-refractivity contribution in [2.75, 3.05) is 5.32 Å². The van der Waals surface area contributed by atoms with Crippen LogP contribution in [0.2, 0.25) is 0 Å². The van der Waals surface area contributed by atoms with E-state index in [1.54, 1.807) is 18.4 Å². The van der Waals surface area contributed by atoms with Crippen molar-refractivity contribution in [3.63, 3.8) is 0 Å². The topological polar surface area (TPSA) is 81.2 Å². The van der Waals surface area contributed by atoms with Gasteiger partial charge >= 0.3 is 0 Å². The molecule has 25 heavy (non-hydrogen) atoms. The molecule has 124 valence electrons. The van der Waals surface area contributed by atoms with Crippen LogP contribution in [0, 0.1) is 0 Å². The number of nitrogens with zero attached hydrogens (tertiary/aromatic N) is 2. The summed E-state index contributed by atoms with van der Waals surface area (Å²) in [5, 5.41) is 8.89. The molecule has 6 heteroatoms. The summed E-state index contributed by atoms with van der Waals surface area (Å²) < 4.78 is 10.4. The molecule has 0 aliphatic rings. The molecule has 2 aromatic carbocycles. The average Bonchev–Trinajstić information content (AvgIpc) is 3.32. The van der Waals surface area contributed by atoms with E-state index < -0.39 is 0 Å². The number of hydrogen-bond acceptors (Lipinski definition) is 5. The minimum absolute atomic E-state index is 0.103. The van der Waals surface area contributed by atoms with Crippen LogP contribution in [-0.4, -0.2) is 16.0 Å². The third-order valence-corrected chi connectivity index (χ3v) is 3.84. The van der Waals surface area contributed by atoms with Crippen molar-refractivity contribution in [2.45, 2.75) is 12.8 Å². The Morgan fingerprint density at radius 3 is 2.80 bits per heavy atom. The van der Waals surface area contributed by atoms with Gasteiger partial charge in [0.2, 0.25) is 17.6 Å². The maximum Gasteiger partial charge on any atom is 0.238 e. The SMILES string of the molecule is O=C(CCc1nc(-c2ccco2)no1)Nc1cccc2ccccc12. The molecule has 1 N–H and O–H groups in total. The molecule has 0 unspecified atom stereocenters. The zero-order valence-electron chi connectivity index (χ0n) is 13.3. The molecule has 1 amide bonds. The third-order valence-electron chi connectivity index (χ3n) is 3.84. The summed E-state index contributed by atoms with van der Waals surface area (Å²) in [6, 6.07) is 17.3. The lowest BCUT2D eigenvalue weighted by Gasteiger charge is -2.08. The number of aromatic nitrogens is 2. The van der Waals surface area contributed by atoms with Crippen LogP contribution in [0.4, 0.5) is 5.69 Å². The van der Waals surface area contributed by atoms with E-state index in [9.17, 15) is 4.79 Å². The van der Waals surface area contributed by atoms with E-state index in [2.05, 4.69) is 15.5 Å². The van der Waals surface area contributed by atoms with E-state index in [0.29, 0.717) is 23.9 Å². The number of carbonyl (C=O) groups is 1. The van der Waals surface area contributed by atoms with Gasteiger partial charge in [-0.05, 0) is 23.6 Å². The monoisotopic (exact) mass is 333 g/mol. The highest BCUT2D eigenvalue weighted by atomic mass is 16.5. The van der Waals surface area contributed by atoms with Crippen molar-refractivity contribution in [1.29, 1.82) is 0 Å². The Kier molecular flexibility index (Phi) is 4.00. The zero-order chi connectivity index (χ0) is 17.1. The number of amides is 1. The summed E-state index contributed by atoms with van der Waals surface area (Å²) in [5.74, 6) is 1.22. The fraction of sp³-hybridized carbons (Fsp3) is 0.105. The van der Waals surface area contributed by atoms with Gasteiger partial charge < -0.3 is 14.3 Å². The lowest BCUT2D eigenvalue weighted by Crippen LogP contribution is -2.12. The highest BCUT2D eigenvalue weighted by Crippen LogP contribution is 2.23. The molecule has 2 aromatic heterocycles. The van der Waals surface area contributed by atoms with Crippen LogP contribution in [-0.2, 0) is 11.2 Å². The van der Waals surface area contributed by atoms with Crippen molar-refractivity contribution < 1.29 is 13.7 Å². The quantitative estimate of drug-likeness (QED) is 0.596. The first kappa shape index (κ1) is 15.1.